The van der Waals surface area contributed by atoms with Gasteiger partial charge in [0.1, 0.15) is 0 Å². The van der Waals surface area contributed by atoms with E-state index < -0.39 is 44.7 Å². The van der Waals surface area contributed by atoms with E-state index in [1.54, 1.807) is 78.9 Å². The van der Waals surface area contributed by atoms with Crippen LogP contribution in [-0.2, 0) is 24.3 Å². The van der Waals surface area contributed by atoms with Crippen LogP contribution in [0.1, 0.15) is 27.4 Å². The minimum absolute atomic E-state index is 0.00781. The molecule has 0 radical (unpaired) electrons. The molecule has 2 heterocycles. The molecule has 170 valence electrons. The first-order chi connectivity index (χ1) is 16.3. The third-order valence-corrected chi connectivity index (χ3v) is 7.55. The third-order valence-electron chi connectivity index (χ3n) is 6.15. The number of rotatable bonds is 3. The molecule has 0 aromatic heterocycles. The summed E-state index contributed by atoms with van der Waals surface area (Å²) in [5.74, 6) is -4.27. The monoisotopic (exact) mass is 473 g/mol. The Bertz CT molecular complexity index is 1420. The van der Waals surface area contributed by atoms with Gasteiger partial charge in [-0.3, -0.25) is 9.59 Å². The molecule has 3 aromatic rings. The second kappa shape index (κ2) is 8.07. The van der Waals surface area contributed by atoms with Crippen LogP contribution in [0.4, 0.5) is 0 Å². The number of imide groups is 1. The maximum Gasteiger partial charge on any atom is 0.353 e. The topological polar surface area (TPSA) is 97.8 Å². The predicted octanol–water partition coefficient (Wildman–Crippen LogP) is 3.37. The maximum atomic E-state index is 14.0. The van der Waals surface area contributed by atoms with E-state index in [4.69, 9.17) is 4.84 Å². The van der Waals surface area contributed by atoms with Gasteiger partial charge in [0.25, 0.3) is 11.8 Å². The fraction of sp³-hybridized carbons (Fsp3) is 0.115. The molecular weight excluding hydrogens is 454 g/mol. The van der Waals surface area contributed by atoms with E-state index >= 15 is 0 Å². The highest BCUT2D eigenvalue weighted by Crippen LogP contribution is 2.55. The molecule has 0 N–H and O–H groups in total. The Hall–Kier alpha value is -4.04. The number of hydrogen-bond acceptors (Lipinski definition) is 6. The molecule has 2 unspecified atom stereocenters. The maximum absolute atomic E-state index is 14.0. The molecule has 2 aliphatic heterocycles. The fourth-order valence-corrected chi connectivity index (χ4v) is 6.29. The molecule has 0 saturated carbocycles. The number of hydrogen-bond donors (Lipinski definition) is 0. The quantitative estimate of drug-likeness (QED) is 0.427. The number of carbonyl (C=O) groups excluding carboxylic acids is 3. The molecule has 0 bridgehead atoms. The summed E-state index contributed by atoms with van der Waals surface area (Å²) in [5, 5.41) is 1.43. The fourth-order valence-electron chi connectivity index (χ4n) is 4.60. The number of hydroxylamine groups is 2. The highest BCUT2D eigenvalue weighted by molar-refractivity contribution is 7.94. The van der Waals surface area contributed by atoms with Gasteiger partial charge in [-0.25, -0.2) is 13.2 Å². The average molecular weight is 474 g/mol. The van der Waals surface area contributed by atoms with Crippen LogP contribution >= 0.6 is 0 Å². The molecule has 2 aliphatic rings. The van der Waals surface area contributed by atoms with Crippen LogP contribution in [0, 0.1) is 5.41 Å². The molecule has 1 fully saturated rings. The van der Waals surface area contributed by atoms with Crippen molar-refractivity contribution in [2.24, 2.45) is 5.41 Å². The number of sulfone groups is 1. The Kier molecular flexibility index (Phi) is 5.17. The van der Waals surface area contributed by atoms with Crippen molar-refractivity contribution >= 4 is 33.2 Å². The third kappa shape index (κ3) is 3.34. The van der Waals surface area contributed by atoms with Crippen LogP contribution in [0.25, 0.3) is 5.57 Å². The van der Waals surface area contributed by atoms with Gasteiger partial charge in [0.15, 0.2) is 15.3 Å². The summed E-state index contributed by atoms with van der Waals surface area (Å²) in [4.78, 5) is 46.1. The van der Waals surface area contributed by atoms with Gasteiger partial charge in [-0.05, 0) is 28.8 Å². The second-order valence-corrected chi connectivity index (χ2v) is 10.0. The Morgan fingerprint density at radius 3 is 2.03 bits per heavy atom. The van der Waals surface area contributed by atoms with Gasteiger partial charge < -0.3 is 4.84 Å². The average Bonchev–Trinajstić information content (AvgIpc) is 3.12. The van der Waals surface area contributed by atoms with E-state index in [1.165, 1.54) is 12.1 Å². The van der Waals surface area contributed by atoms with Crippen LogP contribution in [0.5, 0.6) is 0 Å². The minimum Gasteiger partial charge on any atom is -0.328 e. The van der Waals surface area contributed by atoms with Crippen molar-refractivity contribution in [1.29, 1.82) is 0 Å². The van der Waals surface area contributed by atoms with E-state index in [0.717, 1.165) is 5.41 Å². The van der Waals surface area contributed by atoms with Gasteiger partial charge in [0.05, 0.1) is 5.75 Å². The summed E-state index contributed by atoms with van der Waals surface area (Å²) in [6.07, 6.45) is 0. The van der Waals surface area contributed by atoms with Gasteiger partial charge in [-0.15, -0.1) is 0 Å². The summed E-state index contributed by atoms with van der Waals surface area (Å²) in [6, 6.07) is 24.8. The summed E-state index contributed by atoms with van der Waals surface area (Å²) >= 11 is 0. The smallest absolute Gasteiger partial charge is 0.328 e. The SMILES string of the molecule is O=C(c1ccccc1)N1OC(=O)C2(C1=O)C(c1ccccc1)=CS(=O)(=O)CC2c1ccccc1. The zero-order valence-electron chi connectivity index (χ0n) is 17.8. The molecule has 34 heavy (non-hydrogen) atoms. The van der Waals surface area contributed by atoms with E-state index in [9.17, 15) is 22.8 Å². The molecule has 3 aromatic carbocycles. The van der Waals surface area contributed by atoms with E-state index in [2.05, 4.69) is 0 Å². The van der Waals surface area contributed by atoms with Crippen molar-refractivity contribution in [2.45, 2.75) is 5.92 Å². The molecule has 0 aliphatic carbocycles. The van der Waals surface area contributed by atoms with E-state index in [0.29, 0.717) is 16.2 Å². The highest BCUT2D eigenvalue weighted by Gasteiger charge is 2.67. The standard InChI is InChI=1S/C26H19NO6S/c28-23(20-14-8-3-9-15-20)27-24(29)26(25(30)33-27)21(18-10-4-1-5-11-18)16-34(31,32)17-22(26)19-12-6-2-7-13-19/h1-16,22H,17H2. The molecule has 5 rings (SSSR count). The van der Waals surface area contributed by atoms with Gasteiger partial charge >= 0.3 is 5.97 Å². The Labute approximate surface area is 196 Å². The first-order valence-corrected chi connectivity index (χ1v) is 12.3. The van der Waals surface area contributed by atoms with Gasteiger partial charge in [0, 0.05) is 16.9 Å². The molecule has 8 heteroatoms. The first-order valence-electron chi connectivity index (χ1n) is 10.6. The van der Waals surface area contributed by atoms with Crippen molar-refractivity contribution in [2.75, 3.05) is 5.75 Å². The van der Waals surface area contributed by atoms with Crippen molar-refractivity contribution in [3.8, 4) is 0 Å². The van der Waals surface area contributed by atoms with E-state index in [-0.39, 0.29) is 11.1 Å². The Balaban J connectivity index is 1.75. The van der Waals surface area contributed by atoms with Crippen molar-refractivity contribution in [1.82, 2.24) is 5.06 Å². The van der Waals surface area contributed by atoms with Crippen molar-refractivity contribution in [3.05, 3.63) is 113 Å². The van der Waals surface area contributed by atoms with Crippen LogP contribution in [0.15, 0.2) is 96.4 Å². The number of amides is 2. The summed E-state index contributed by atoms with van der Waals surface area (Å²) < 4.78 is 26.0. The Morgan fingerprint density at radius 1 is 0.853 bits per heavy atom. The predicted molar refractivity (Wildman–Crippen MR) is 124 cm³/mol. The van der Waals surface area contributed by atoms with Crippen LogP contribution in [-0.4, -0.2) is 37.0 Å². The van der Waals surface area contributed by atoms with Crippen LogP contribution in [0.2, 0.25) is 0 Å². The first kappa shape index (κ1) is 21.8. The molecule has 2 atom stereocenters. The lowest BCUT2D eigenvalue weighted by Gasteiger charge is -2.37. The van der Waals surface area contributed by atoms with Crippen LogP contribution < -0.4 is 0 Å². The largest absolute Gasteiger partial charge is 0.353 e. The van der Waals surface area contributed by atoms with Gasteiger partial charge in [0.2, 0.25) is 0 Å². The zero-order chi connectivity index (χ0) is 23.9. The summed E-state index contributed by atoms with van der Waals surface area (Å²) in [5.41, 5.74) is -1.03. The lowest BCUT2D eigenvalue weighted by atomic mass is 9.66. The van der Waals surface area contributed by atoms with Crippen molar-refractivity contribution < 1.29 is 27.6 Å². The molecule has 1 spiro atoms. The van der Waals surface area contributed by atoms with Gasteiger partial charge in [-0.1, -0.05) is 83.9 Å². The number of carbonyl (C=O) groups is 3. The zero-order valence-corrected chi connectivity index (χ0v) is 18.6. The number of benzene rings is 3. The molecule has 7 nitrogen and oxygen atoms in total. The minimum atomic E-state index is -3.80. The Morgan fingerprint density at radius 2 is 1.41 bits per heavy atom. The molecule has 1 saturated heterocycles. The highest BCUT2D eigenvalue weighted by atomic mass is 32.2. The van der Waals surface area contributed by atoms with Gasteiger partial charge in [-0.2, -0.15) is 0 Å². The lowest BCUT2D eigenvalue weighted by molar-refractivity contribution is -0.168. The van der Waals surface area contributed by atoms with E-state index in [1.807, 2.05) is 0 Å². The second-order valence-electron chi connectivity index (χ2n) is 8.15. The lowest BCUT2D eigenvalue weighted by Crippen LogP contribution is -2.48. The summed E-state index contributed by atoms with van der Waals surface area (Å²) in [6.45, 7) is 0. The molecular formula is C26H19NO6S. The molecule has 2 amide bonds. The van der Waals surface area contributed by atoms with Crippen LogP contribution in [0.3, 0.4) is 0 Å². The summed E-state index contributed by atoms with van der Waals surface area (Å²) in [7, 11) is -3.80. The number of nitrogens with zero attached hydrogens (tertiary/aromatic N) is 1. The van der Waals surface area contributed by atoms with Crippen molar-refractivity contribution in [3.63, 3.8) is 0 Å². The normalized spacial score (nSPS) is 23.5.